The smallest absolute Gasteiger partial charge is 0.343 e. The van der Waals surface area contributed by atoms with Crippen LogP contribution in [0.2, 0.25) is 0 Å². The lowest BCUT2D eigenvalue weighted by Crippen LogP contribution is -2.10. The van der Waals surface area contributed by atoms with E-state index in [1.165, 1.54) is 48.5 Å². The fourth-order valence-corrected chi connectivity index (χ4v) is 1.70. The van der Waals surface area contributed by atoms with Crippen LogP contribution in [0, 0.1) is 0 Å². The van der Waals surface area contributed by atoms with Crippen LogP contribution in [-0.2, 0) is 4.74 Å². The maximum atomic E-state index is 12.0. The van der Waals surface area contributed by atoms with Crippen LogP contribution < -0.4 is 4.74 Å². The van der Waals surface area contributed by atoms with Crippen molar-refractivity contribution in [2.45, 2.75) is 13.3 Å². The average Bonchev–Trinajstić information content (AvgIpc) is 2.55. The molecule has 114 valence electrons. The maximum Gasteiger partial charge on any atom is 0.343 e. The van der Waals surface area contributed by atoms with Crippen molar-refractivity contribution in [2.24, 2.45) is 0 Å². The normalized spacial score (nSPS) is 10.0. The molecule has 0 radical (unpaired) electrons. The van der Waals surface area contributed by atoms with Gasteiger partial charge in [-0.25, -0.2) is 9.59 Å². The molecule has 22 heavy (non-hydrogen) atoms. The average molecular weight is 300 g/mol. The number of hydrogen-bond acceptors (Lipinski definition) is 5. The SMILES string of the molecule is CCCOC(=O)c1ccc(C(=O)Oc2ccc(O)cc2)cc1. The molecule has 2 rings (SSSR count). The highest BCUT2D eigenvalue weighted by Gasteiger charge is 2.11. The second-order valence-corrected chi connectivity index (χ2v) is 4.60. The van der Waals surface area contributed by atoms with Gasteiger partial charge in [0.15, 0.2) is 0 Å². The zero-order valence-corrected chi connectivity index (χ0v) is 12.1. The Bertz CT molecular complexity index is 644. The Hall–Kier alpha value is -2.82. The first-order valence-corrected chi connectivity index (χ1v) is 6.88. The highest BCUT2D eigenvalue weighted by atomic mass is 16.5. The van der Waals surface area contributed by atoms with Crippen LogP contribution >= 0.6 is 0 Å². The van der Waals surface area contributed by atoms with Gasteiger partial charge in [0.1, 0.15) is 11.5 Å². The van der Waals surface area contributed by atoms with Gasteiger partial charge < -0.3 is 14.6 Å². The van der Waals surface area contributed by atoms with E-state index in [9.17, 15) is 9.59 Å². The van der Waals surface area contributed by atoms with Gasteiger partial charge in [0.25, 0.3) is 0 Å². The number of carbonyl (C=O) groups excluding carboxylic acids is 2. The van der Waals surface area contributed by atoms with Gasteiger partial charge in [-0.2, -0.15) is 0 Å². The number of esters is 2. The lowest BCUT2D eigenvalue weighted by Gasteiger charge is -2.06. The molecule has 0 atom stereocenters. The van der Waals surface area contributed by atoms with Crippen molar-refractivity contribution in [1.82, 2.24) is 0 Å². The fourth-order valence-electron chi connectivity index (χ4n) is 1.70. The molecule has 0 aromatic heterocycles. The predicted octanol–water partition coefficient (Wildman–Crippen LogP) is 3.18. The van der Waals surface area contributed by atoms with Gasteiger partial charge in [-0.1, -0.05) is 6.92 Å². The van der Waals surface area contributed by atoms with Crippen molar-refractivity contribution in [3.8, 4) is 11.5 Å². The third kappa shape index (κ3) is 4.09. The van der Waals surface area contributed by atoms with Crippen molar-refractivity contribution in [2.75, 3.05) is 6.61 Å². The van der Waals surface area contributed by atoms with Gasteiger partial charge in [-0.3, -0.25) is 0 Å². The molecule has 0 aliphatic carbocycles. The van der Waals surface area contributed by atoms with Crippen molar-refractivity contribution in [1.29, 1.82) is 0 Å². The van der Waals surface area contributed by atoms with Crippen molar-refractivity contribution in [3.05, 3.63) is 59.7 Å². The van der Waals surface area contributed by atoms with Crippen molar-refractivity contribution >= 4 is 11.9 Å². The van der Waals surface area contributed by atoms with Crippen LogP contribution in [0.5, 0.6) is 11.5 Å². The Kier molecular flexibility index (Phi) is 5.14. The first kappa shape index (κ1) is 15.6. The molecule has 0 unspecified atom stereocenters. The summed E-state index contributed by atoms with van der Waals surface area (Å²) in [6.45, 7) is 2.28. The van der Waals surface area contributed by atoms with E-state index in [1.54, 1.807) is 0 Å². The van der Waals surface area contributed by atoms with Crippen LogP contribution in [-0.4, -0.2) is 23.7 Å². The molecule has 0 amide bonds. The van der Waals surface area contributed by atoms with E-state index in [1.807, 2.05) is 6.92 Å². The van der Waals surface area contributed by atoms with E-state index in [0.29, 0.717) is 23.5 Å². The number of aromatic hydroxyl groups is 1. The molecule has 1 N–H and O–H groups in total. The summed E-state index contributed by atoms with van der Waals surface area (Å²) in [5.41, 5.74) is 0.703. The summed E-state index contributed by atoms with van der Waals surface area (Å²) in [6, 6.07) is 11.9. The number of rotatable bonds is 5. The molecule has 0 spiro atoms. The van der Waals surface area contributed by atoms with Gasteiger partial charge in [-0.15, -0.1) is 0 Å². The second kappa shape index (κ2) is 7.26. The molecule has 0 fully saturated rings. The quantitative estimate of drug-likeness (QED) is 0.678. The first-order chi connectivity index (χ1) is 10.6. The Balaban J connectivity index is 2.01. The van der Waals surface area contributed by atoms with Crippen LogP contribution in [0.25, 0.3) is 0 Å². The van der Waals surface area contributed by atoms with Crippen molar-refractivity contribution in [3.63, 3.8) is 0 Å². The lowest BCUT2D eigenvalue weighted by molar-refractivity contribution is 0.0504. The van der Waals surface area contributed by atoms with Gasteiger partial charge in [0.2, 0.25) is 0 Å². The number of carbonyl (C=O) groups is 2. The Morgan fingerprint density at radius 3 is 2.00 bits per heavy atom. The summed E-state index contributed by atoms with van der Waals surface area (Å²) in [7, 11) is 0. The van der Waals surface area contributed by atoms with Crippen LogP contribution in [0.1, 0.15) is 34.1 Å². The van der Waals surface area contributed by atoms with Gasteiger partial charge in [0.05, 0.1) is 17.7 Å². The molecule has 0 aliphatic rings. The lowest BCUT2D eigenvalue weighted by atomic mass is 10.1. The molecule has 5 heteroatoms. The number of benzene rings is 2. The van der Waals surface area contributed by atoms with E-state index < -0.39 is 11.9 Å². The summed E-state index contributed by atoms with van der Waals surface area (Å²) < 4.78 is 10.2. The Labute approximate surface area is 128 Å². The largest absolute Gasteiger partial charge is 0.508 e. The topological polar surface area (TPSA) is 72.8 Å². The molecule has 2 aromatic rings. The minimum Gasteiger partial charge on any atom is -0.508 e. The van der Waals surface area contributed by atoms with Gasteiger partial charge in [-0.05, 0) is 55.0 Å². The highest BCUT2D eigenvalue weighted by Crippen LogP contribution is 2.17. The van der Waals surface area contributed by atoms with E-state index in [0.717, 1.165) is 6.42 Å². The molecule has 5 nitrogen and oxygen atoms in total. The Morgan fingerprint density at radius 2 is 1.45 bits per heavy atom. The van der Waals surface area contributed by atoms with Crippen LogP contribution in [0.4, 0.5) is 0 Å². The van der Waals surface area contributed by atoms with Gasteiger partial charge in [0, 0.05) is 0 Å². The highest BCUT2D eigenvalue weighted by molar-refractivity contribution is 5.94. The summed E-state index contributed by atoms with van der Waals surface area (Å²) in [5.74, 6) is -0.538. The molecule has 0 bridgehead atoms. The van der Waals surface area contributed by atoms with E-state index in [2.05, 4.69) is 0 Å². The van der Waals surface area contributed by atoms with E-state index in [-0.39, 0.29) is 5.75 Å². The number of ether oxygens (including phenoxy) is 2. The molecular weight excluding hydrogens is 284 g/mol. The Morgan fingerprint density at radius 1 is 0.909 bits per heavy atom. The molecule has 2 aromatic carbocycles. The summed E-state index contributed by atoms with van der Waals surface area (Å²) in [4.78, 5) is 23.6. The summed E-state index contributed by atoms with van der Waals surface area (Å²) in [5, 5.41) is 9.17. The molecule has 0 heterocycles. The standard InChI is InChI=1S/C17H16O5/c1-2-11-21-16(19)12-3-5-13(6-4-12)17(20)22-15-9-7-14(18)8-10-15/h3-10,18H,2,11H2,1H3. The number of hydrogen-bond donors (Lipinski definition) is 1. The summed E-state index contributed by atoms with van der Waals surface area (Å²) >= 11 is 0. The van der Waals surface area contributed by atoms with E-state index in [4.69, 9.17) is 14.6 Å². The third-order valence-corrected chi connectivity index (χ3v) is 2.84. The van der Waals surface area contributed by atoms with Gasteiger partial charge >= 0.3 is 11.9 Å². The monoisotopic (exact) mass is 300 g/mol. The molecule has 0 saturated carbocycles. The first-order valence-electron chi connectivity index (χ1n) is 6.88. The number of phenols is 1. The fraction of sp³-hybridized carbons (Fsp3) is 0.176. The minimum absolute atomic E-state index is 0.0924. The van der Waals surface area contributed by atoms with Crippen LogP contribution in [0.3, 0.4) is 0 Å². The molecule has 0 aliphatic heterocycles. The zero-order valence-electron chi connectivity index (χ0n) is 12.1. The van der Waals surface area contributed by atoms with Crippen LogP contribution in [0.15, 0.2) is 48.5 Å². The third-order valence-electron chi connectivity index (χ3n) is 2.84. The summed E-state index contributed by atoms with van der Waals surface area (Å²) in [6.07, 6.45) is 0.753. The van der Waals surface area contributed by atoms with Crippen molar-refractivity contribution < 1.29 is 24.2 Å². The number of phenolic OH excluding ortho intramolecular Hbond substituents is 1. The molecule has 0 saturated heterocycles. The predicted molar refractivity (Wildman–Crippen MR) is 80.1 cm³/mol. The second-order valence-electron chi connectivity index (χ2n) is 4.60. The maximum absolute atomic E-state index is 12.0. The minimum atomic E-state index is -0.542. The van der Waals surface area contributed by atoms with E-state index >= 15 is 0 Å². The zero-order chi connectivity index (χ0) is 15.9. The molecular formula is C17H16O5.